The third-order valence-electron chi connectivity index (χ3n) is 7.08. The molecule has 0 aliphatic rings. The number of hydrogen-bond acceptors (Lipinski definition) is 10. The van der Waals surface area contributed by atoms with E-state index in [2.05, 4.69) is 31.0 Å². The number of methoxy groups -OCH3 is 2. The van der Waals surface area contributed by atoms with E-state index >= 15 is 0 Å². The minimum absolute atomic E-state index is 0.210. The van der Waals surface area contributed by atoms with Gasteiger partial charge < -0.3 is 9.47 Å². The van der Waals surface area contributed by atoms with Crippen molar-refractivity contribution < 1.29 is 19.1 Å². The van der Waals surface area contributed by atoms with Gasteiger partial charge >= 0.3 is 0 Å². The predicted octanol–water partition coefficient (Wildman–Crippen LogP) is 7.41. The van der Waals surface area contributed by atoms with Crippen LogP contribution in [-0.2, 0) is 0 Å². The number of anilines is 2. The first-order valence-electron chi connectivity index (χ1n) is 15.7. The molecule has 0 radical (unpaired) electrons. The highest BCUT2D eigenvalue weighted by molar-refractivity contribution is 6.65. The van der Waals surface area contributed by atoms with Gasteiger partial charge in [0, 0.05) is 24.2 Å². The van der Waals surface area contributed by atoms with Gasteiger partial charge in [-0.1, -0.05) is 49.2 Å². The van der Waals surface area contributed by atoms with Crippen molar-refractivity contribution >= 4 is 46.8 Å². The fraction of sp³-hybridized carbons (Fsp3) is 0.211. The largest absolute Gasteiger partial charge is 0.497 e. The average Bonchev–Trinajstić information content (AvgIpc) is 3.15. The summed E-state index contributed by atoms with van der Waals surface area (Å²) in [6.07, 6.45) is 6.62. The number of hydrazone groups is 2. The molecule has 48 heavy (non-hydrogen) atoms. The van der Waals surface area contributed by atoms with Crippen LogP contribution >= 0.6 is 0 Å². The van der Waals surface area contributed by atoms with Gasteiger partial charge in [-0.3, -0.25) is 30.4 Å². The second kappa shape index (κ2) is 19.6. The minimum atomic E-state index is -0.241. The monoisotopic (exact) mass is 644 g/mol. The molecular weight excluding hydrogens is 604 g/mol. The number of ether oxygens (including phenoxy) is 2. The molecule has 0 aromatic heterocycles. The molecule has 0 saturated heterocycles. The zero-order chi connectivity index (χ0) is 33.8. The van der Waals surface area contributed by atoms with Gasteiger partial charge in [0.25, 0.3) is 0 Å². The molecule has 0 spiro atoms. The van der Waals surface area contributed by atoms with Gasteiger partial charge in [-0.15, -0.1) is 0 Å². The number of Topliss-reactive ketones (excluding diaryl/α,β-unsaturated/α-hetero) is 2. The number of unbranched alkanes of at least 4 members (excludes halogenated alkanes) is 3. The summed E-state index contributed by atoms with van der Waals surface area (Å²) in [5.41, 5.74) is 8.83. The maximum absolute atomic E-state index is 13.2. The lowest BCUT2D eigenvalue weighted by Crippen LogP contribution is -2.18. The Kier molecular flexibility index (Phi) is 14.3. The van der Waals surface area contributed by atoms with Crippen molar-refractivity contribution in [2.45, 2.75) is 25.7 Å². The predicted molar refractivity (Wildman–Crippen MR) is 195 cm³/mol. The maximum atomic E-state index is 13.2. The number of carbonyl (C=O) groups excluding carboxylic acids is 2. The van der Waals surface area contributed by atoms with E-state index in [-0.39, 0.29) is 23.0 Å². The highest BCUT2D eigenvalue weighted by atomic mass is 16.5. The van der Waals surface area contributed by atoms with Crippen LogP contribution in [0, 0.1) is 0 Å². The number of ketones is 2. The Balaban J connectivity index is 1.27. The fourth-order valence-corrected chi connectivity index (χ4v) is 4.39. The van der Waals surface area contributed by atoms with Crippen LogP contribution in [0.4, 0.5) is 11.4 Å². The standard InChI is InChI=1S/C38H40N6O4/c1-47-33-21-17-29(18-22-33)37(45)35(43-41-31-13-7-5-8-14-31)27-39-25-11-3-4-12-26-40-28-36(44-42-32-15-9-6-10-16-32)38(46)30-19-23-34(48-2)24-20-30/h5-10,13-24,27-28,41-42H,3-4,11-12,25-26H2,1-2H3/b39-27?,40-28?,43-35-,44-36-. The third-order valence-corrected chi connectivity index (χ3v) is 7.08. The summed E-state index contributed by atoms with van der Waals surface area (Å²) in [6, 6.07) is 32.6. The van der Waals surface area contributed by atoms with E-state index in [4.69, 9.17) is 9.47 Å². The smallest absolute Gasteiger partial charge is 0.214 e. The number of hydrogen-bond donors (Lipinski definition) is 2. The van der Waals surface area contributed by atoms with Crippen LogP contribution in [0.2, 0.25) is 0 Å². The molecule has 0 bridgehead atoms. The molecule has 0 atom stereocenters. The van der Waals surface area contributed by atoms with Gasteiger partial charge in [0.2, 0.25) is 11.6 Å². The van der Waals surface area contributed by atoms with Gasteiger partial charge in [0.15, 0.2) is 0 Å². The molecule has 10 nitrogen and oxygen atoms in total. The molecule has 246 valence electrons. The molecule has 0 heterocycles. The van der Waals surface area contributed by atoms with Gasteiger partial charge in [-0.2, -0.15) is 10.2 Å². The molecule has 0 aliphatic carbocycles. The van der Waals surface area contributed by atoms with Crippen molar-refractivity contribution in [3.05, 3.63) is 120 Å². The second-order valence-electron chi connectivity index (χ2n) is 10.5. The molecule has 0 unspecified atom stereocenters. The van der Waals surface area contributed by atoms with E-state index in [1.165, 1.54) is 12.4 Å². The molecule has 0 saturated carbocycles. The zero-order valence-corrected chi connectivity index (χ0v) is 27.2. The van der Waals surface area contributed by atoms with Crippen LogP contribution in [0.1, 0.15) is 46.4 Å². The summed E-state index contributed by atoms with van der Waals surface area (Å²) in [7, 11) is 3.16. The molecule has 2 N–H and O–H groups in total. The van der Waals surface area contributed by atoms with Gasteiger partial charge in [0.1, 0.15) is 22.9 Å². The Morgan fingerprint density at radius 3 is 1.27 bits per heavy atom. The van der Waals surface area contributed by atoms with E-state index in [1.807, 2.05) is 60.7 Å². The molecular formula is C38H40N6O4. The first-order valence-corrected chi connectivity index (χ1v) is 15.7. The normalized spacial score (nSPS) is 11.9. The maximum Gasteiger partial charge on any atom is 0.214 e. The zero-order valence-electron chi connectivity index (χ0n) is 27.2. The third kappa shape index (κ3) is 11.5. The number of aliphatic imine (C=N–C) groups is 2. The minimum Gasteiger partial charge on any atom is -0.497 e. The van der Waals surface area contributed by atoms with Crippen LogP contribution in [0.3, 0.4) is 0 Å². The van der Waals surface area contributed by atoms with Gasteiger partial charge in [-0.25, -0.2) is 0 Å². The lowest BCUT2D eigenvalue weighted by Gasteiger charge is -2.05. The number of nitrogens with one attached hydrogen (secondary N) is 2. The first kappa shape index (κ1) is 35.0. The Bertz CT molecular complexity index is 1570. The number of rotatable bonds is 19. The fourth-order valence-electron chi connectivity index (χ4n) is 4.39. The summed E-state index contributed by atoms with van der Waals surface area (Å²) in [5.74, 6) is 0.857. The van der Waals surface area contributed by atoms with E-state index in [0.29, 0.717) is 35.7 Å². The Hall–Kier alpha value is -5.90. The lowest BCUT2D eigenvalue weighted by atomic mass is 10.1. The number of benzene rings is 4. The van der Waals surface area contributed by atoms with Crippen LogP contribution < -0.4 is 20.3 Å². The van der Waals surface area contributed by atoms with Gasteiger partial charge in [0.05, 0.1) is 38.0 Å². The van der Waals surface area contributed by atoms with E-state index < -0.39 is 0 Å². The molecule has 10 heteroatoms. The van der Waals surface area contributed by atoms with Crippen molar-refractivity contribution in [2.24, 2.45) is 20.2 Å². The van der Waals surface area contributed by atoms with E-state index in [9.17, 15) is 9.59 Å². The highest BCUT2D eigenvalue weighted by Crippen LogP contribution is 2.14. The topological polar surface area (TPSA) is 126 Å². The summed E-state index contributed by atoms with van der Waals surface area (Å²) in [4.78, 5) is 35.3. The highest BCUT2D eigenvalue weighted by Gasteiger charge is 2.14. The van der Waals surface area contributed by atoms with E-state index in [1.54, 1.807) is 62.8 Å². The number of carbonyl (C=O) groups is 2. The molecule has 4 aromatic rings. The Morgan fingerprint density at radius 1 is 0.542 bits per heavy atom. The van der Waals surface area contributed by atoms with Crippen molar-refractivity contribution in [1.82, 2.24) is 0 Å². The summed E-state index contributed by atoms with van der Waals surface area (Å²) in [5, 5.41) is 8.68. The van der Waals surface area contributed by atoms with Crippen molar-refractivity contribution in [1.29, 1.82) is 0 Å². The summed E-state index contributed by atoms with van der Waals surface area (Å²) in [6.45, 7) is 1.11. The van der Waals surface area contributed by atoms with Gasteiger partial charge in [-0.05, 0) is 85.6 Å². The summed E-state index contributed by atoms with van der Waals surface area (Å²) < 4.78 is 10.4. The number of para-hydroxylation sites is 2. The van der Waals surface area contributed by atoms with Crippen molar-refractivity contribution in [3.63, 3.8) is 0 Å². The van der Waals surface area contributed by atoms with Crippen LogP contribution in [-0.4, -0.2) is 62.7 Å². The Morgan fingerprint density at radius 2 is 0.917 bits per heavy atom. The average molecular weight is 645 g/mol. The number of nitrogens with zero attached hydrogens (tertiary/aromatic N) is 4. The summed E-state index contributed by atoms with van der Waals surface area (Å²) >= 11 is 0. The van der Waals surface area contributed by atoms with Crippen LogP contribution in [0.25, 0.3) is 0 Å². The first-order chi connectivity index (χ1) is 23.6. The SMILES string of the molecule is COc1ccc(C(=O)/C(C=NCCCCCCN=C/C(=N/Nc2ccccc2)C(=O)c2ccc(OC)cc2)=N\Nc2ccccc2)cc1. The Labute approximate surface area is 281 Å². The molecule has 0 aliphatic heterocycles. The quantitative estimate of drug-likeness (QED) is 0.0474. The second-order valence-corrected chi connectivity index (χ2v) is 10.5. The van der Waals surface area contributed by atoms with Crippen molar-refractivity contribution in [2.75, 3.05) is 38.2 Å². The molecule has 4 rings (SSSR count). The lowest BCUT2D eigenvalue weighted by molar-refractivity contribution is 0.106. The van der Waals surface area contributed by atoms with Crippen molar-refractivity contribution in [3.8, 4) is 11.5 Å². The molecule has 0 amide bonds. The van der Waals surface area contributed by atoms with Crippen LogP contribution in [0.15, 0.2) is 129 Å². The molecule has 4 aromatic carbocycles. The molecule has 0 fully saturated rings. The van der Waals surface area contributed by atoms with E-state index in [0.717, 1.165) is 37.1 Å². The van der Waals surface area contributed by atoms with Crippen LogP contribution in [0.5, 0.6) is 11.5 Å².